The van der Waals surface area contributed by atoms with Gasteiger partial charge in [0.25, 0.3) is 0 Å². The highest BCUT2D eigenvalue weighted by atomic mass is 16.5. The lowest BCUT2D eigenvalue weighted by Gasteiger charge is -2.26. The van der Waals surface area contributed by atoms with Gasteiger partial charge in [0.05, 0.1) is 19.8 Å². The standard InChI is InChI=1S/C32H39N3O5/c1-4-23(2)30(35-32(38)33-26-16-11-17-27(20-26)39-3)31(37)34-28(19-18-24-12-7-5-8-13-24)29(36)22-40-21-25-14-9-6-10-15-25/h5-17,20,23,28,30H,4,18-19,21-22H2,1-3H3,(H,34,37)(H2,33,35,38)/t23-,28+,30+/m1/s1. The Morgan fingerprint density at radius 3 is 2.17 bits per heavy atom. The molecule has 0 aromatic heterocycles. The third kappa shape index (κ3) is 9.85. The van der Waals surface area contributed by atoms with Gasteiger partial charge in [0.2, 0.25) is 5.91 Å². The lowest BCUT2D eigenvalue weighted by molar-refractivity contribution is -0.132. The van der Waals surface area contributed by atoms with Gasteiger partial charge in [-0.1, -0.05) is 87.0 Å². The number of urea groups is 1. The molecular weight excluding hydrogens is 506 g/mol. The number of carbonyl (C=O) groups excluding carboxylic acids is 3. The zero-order valence-corrected chi connectivity index (χ0v) is 23.4. The number of rotatable bonds is 15. The van der Waals surface area contributed by atoms with Crippen LogP contribution in [0, 0.1) is 5.92 Å². The minimum atomic E-state index is -0.840. The summed E-state index contributed by atoms with van der Waals surface area (Å²) in [6.45, 7) is 4.00. The fraction of sp³-hybridized carbons (Fsp3) is 0.344. The fourth-order valence-corrected chi connectivity index (χ4v) is 4.19. The Morgan fingerprint density at radius 1 is 0.850 bits per heavy atom. The van der Waals surface area contributed by atoms with Crippen molar-refractivity contribution in [2.45, 2.75) is 51.8 Å². The zero-order chi connectivity index (χ0) is 28.7. The Morgan fingerprint density at radius 2 is 1.52 bits per heavy atom. The summed E-state index contributed by atoms with van der Waals surface area (Å²) >= 11 is 0. The molecule has 8 heteroatoms. The third-order valence-electron chi connectivity index (χ3n) is 6.74. The Balaban J connectivity index is 1.67. The molecule has 3 aromatic rings. The molecule has 3 rings (SSSR count). The number of ether oxygens (including phenoxy) is 2. The van der Waals surface area contributed by atoms with Crippen molar-refractivity contribution < 1.29 is 23.9 Å². The molecule has 0 unspecified atom stereocenters. The van der Waals surface area contributed by atoms with Crippen LogP contribution in [0.3, 0.4) is 0 Å². The van der Waals surface area contributed by atoms with E-state index in [9.17, 15) is 14.4 Å². The molecule has 3 amide bonds. The molecule has 0 radical (unpaired) electrons. The molecule has 0 aliphatic carbocycles. The molecule has 0 saturated heterocycles. The van der Waals surface area contributed by atoms with Crippen LogP contribution in [0.1, 0.15) is 37.8 Å². The van der Waals surface area contributed by atoms with E-state index in [4.69, 9.17) is 9.47 Å². The van der Waals surface area contributed by atoms with Gasteiger partial charge in [0, 0.05) is 11.8 Å². The first-order valence-electron chi connectivity index (χ1n) is 13.6. The molecule has 3 N–H and O–H groups in total. The second-order valence-corrected chi connectivity index (χ2v) is 9.72. The molecular formula is C32H39N3O5. The number of carbonyl (C=O) groups is 3. The van der Waals surface area contributed by atoms with E-state index in [1.807, 2.05) is 74.5 Å². The molecule has 0 bridgehead atoms. The van der Waals surface area contributed by atoms with Gasteiger partial charge in [0.1, 0.15) is 18.4 Å². The smallest absolute Gasteiger partial charge is 0.319 e. The van der Waals surface area contributed by atoms with Crippen molar-refractivity contribution in [2.24, 2.45) is 5.92 Å². The molecule has 40 heavy (non-hydrogen) atoms. The number of methoxy groups -OCH3 is 1. The number of amides is 3. The number of anilines is 1. The Hall–Kier alpha value is -4.17. The van der Waals surface area contributed by atoms with Crippen LogP contribution in [-0.2, 0) is 27.4 Å². The molecule has 0 saturated carbocycles. The van der Waals surface area contributed by atoms with Gasteiger partial charge in [-0.05, 0) is 42.0 Å². The highest BCUT2D eigenvalue weighted by Crippen LogP contribution is 2.17. The van der Waals surface area contributed by atoms with Gasteiger partial charge in [0.15, 0.2) is 5.78 Å². The summed E-state index contributed by atoms with van der Waals surface area (Å²) in [5.41, 5.74) is 2.56. The van der Waals surface area contributed by atoms with E-state index < -0.39 is 24.0 Å². The molecule has 3 atom stereocenters. The minimum Gasteiger partial charge on any atom is -0.497 e. The molecule has 0 spiro atoms. The maximum absolute atomic E-state index is 13.5. The molecule has 0 aliphatic heterocycles. The second kappa shape index (κ2) is 16.1. The lowest BCUT2D eigenvalue weighted by Crippen LogP contribution is -2.55. The van der Waals surface area contributed by atoms with E-state index in [1.54, 1.807) is 31.4 Å². The predicted molar refractivity (Wildman–Crippen MR) is 156 cm³/mol. The van der Waals surface area contributed by atoms with Gasteiger partial charge in [-0.3, -0.25) is 9.59 Å². The average Bonchev–Trinajstić information content (AvgIpc) is 2.98. The Labute approximate surface area is 236 Å². The van der Waals surface area contributed by atoms with Crippen LogP contribution in [0.2, 0.25) is 0 Å². The van der Waals surface area contributed by atoms with E-state index in [1.165, 1.54) is 0 Å². The van der Waals surface area contributed by atoms with Crippen molar-refractivity contribution >= 4 is 23.4 Å². The van der Waals surface area contributed by atoms with E-state index in [0.29, 0.717) is 37.3 Å². The van der Waals surface area contributed by atoms with Crippen LogP contribution in [0.25, 0.3) is 0 Å². The topological polar surface area (TPSA) is 106 Å². The quantitative estimate of drug-likeness (QED) is 0.245. The molecule has 0 aliphatic rings. The van der Waals surface area contributed by atoms with Gasteiger partial charge >= 0.3 is 6.03 Å². The number of aryl methyl sites for hydroxylation is 1. The van der Waals surface area contributed by atoms with Crippen molar-refractivity contribution in [3.05, 3.63) is 96.1 Å². The normalized spacial score (nSPS) is 13.0. The first kappa shape index (κ1) is 30.4. The summed E-state index contributed by atoms with van der Waals surface area (Å²) in [4.78, 5) is 39.5. The number of Topliss-reactive ketones (excluding diaryl/α,β-unsaturated/α-hetero) is 1. The van der Waals surface area contributed by atoms with Crippen LogP contribution in [0.5, 0.6) is 5.75 Å². The summed E-state index contributed by atoms with van der Waals surface area (Å²) in [5.74, 6) is -0.202. The van der Waals surface area contributed by atoms with E-state index in [2.05, 4.69) is 16.0 Å². The van der Waals surface area contributed by atoms with Crippen LogP contribution >= 0.6 is 0 Å². The monoisotopic (exact) mass is 545 g/mol. The first-order valence-corrected chi connectivity index (χ1v) is 13.6. The van der Waals surface area contributed by atoms with Crippen LogP contribution in [-0.4, -0.2) is 43.5 Å². The Kier molecular flexibility index (Phi) is 12.2. The number of ketones is 1. The number of benzene rings is 3. The maximum atomic E-state index is 13.5. The molecule has 8 nitrogen and oxygen atoms in total. The molecule has 212 valence electrons. The molecule has 3 aromatic carbocycles. The van der Waals surface area contributed by atoms with Gasteiger partial charge in [-0.15, -0.1) is 0 Å². The van der Waals surface area contributed by atoms with Crippen molar-refractivity contribution in [2.75, 3.05) is 19.0 Å². The SMILES string of the molecule is CC[C@@H](C)[C@H](NC(=O)Nc1cccc(OC)c1)C(=O)N[C@@H](CCc1ccccc1)C(=O)COCc1ccccc1. The summed E-state index contributed by atoms with van der Waals surface area (Å²) in [6.07, 6.45) is 1.67. The van der Waals surface area contributed by atoms with E-state index in [-0.39, 0.29) is 18.3 Å². The third-order valence-corrected chi connectivity index (χ3v) is 6.74. The largest absolute Gasteiger partial charge is 0.497 e. The predicted octanol–water partition coefficient (Wildman–Crippen LogP) is 5.13. The zero-order valence-electron chi connectivity index (χ0n) is 23.4. The van der Waals surface area contributed by atoms with Crippen LogP contribution in [0.15, 0.2) is 84.9 Å². The summed E-state index contributed by atoms with van der Waals surface area (Å²) in [6, 6.07) is 24.2. The van der Waals surface area contributed by atoms with E-state index in [0.717, 1.165) is 11.1 Å². The summed E-state index contributed by atoms with van der Waals surface area (Å²) in [5, 5.41) is 8.45. The van der Waals surface area contributed by atoms with Crippen LogP contribution < -0.4 is 20.7 Å². The van der Waals surface area contributed by atoms with Crippen molar-refractivity contribution in [1.82, 2.24) is 10.6 Å². The van der Waals surface area contributed by atoms with Gasteiger partial charge < -0.3 is 25.4 Å². The highest BCUT2D eigenvalue weighted by Gasteiger charge is 2.30. The van der Waals surface area contributed by atoms with Crippen molar-refractivity contribution in [3.63, 3.8) is 0 Å². The average molecular weight is 546 g/mol. The number of hydrogen-bond acceptors (Lipinski definition) is 5. The highest BCUT2D eigenvalue weighted by molar-refractivity contribution is 5.96. The van der Waals surface area contributed by atoms with E-state index >= 15 is 0 Å². The molecule has 0 heterocycles. The van der Waals surface area contributed by atoms with Crippen LogP contribution in [0.4, 0.5) is 10.5 Å². The molecule has 0 fully saturated rings. The second-order valence-electron chi connectivity index (χ2n) is 9.72. The number of hydrogen-bond donors (Lipinski definition) is 3. The van der Waals surface area contributed by atoms with Gasteiger partial charge in [-0.25, -0.2) is 4.79 Å². The van der Waals surface area contributed by atoms with Crippen molar-refractivity contribution in [3.8, 4) is 5.75 Å². The fourth-order valence-electron chi connectivity index (χ4n) is 4.19. The van der Waals surface area contributed by atoms with Crippen molar-refractivity contribution in [1.29, 1.82) is 0 Å². The lowest BCUT2D eigenvalue weighted by atomic mass is 9.96. The Bertz CT molecular complexity index is 1220. The van der Waals surface area contributed by atoms with Gasteiger partial charge in [-0.2, -0.15) is 0 Å². The summed E-state index contributed by atoms with van der Waals surface area (Å²) in [7, 11) is 1.55. The maximum Gasteiger partial charge on any atom is 0.319 e. The summed E-state index contributed by atoms with van der Waals surface area (Å²) < 4.78 is 10.9. The number of nitrogens with one attached hydrogen (secondary N) is 3. The first-order chi connectivity index (χ1) is 19.4. The minimum absolute atomic E-state index is 0.133.